The van der Waals surface area contributed by atoms with E-state index in [1.165, 1.54) is 11.8 Å². The molecule has 4 nitrogen and oxygen atoms in total. The third kappa shape index (κ3) is 3.56. The Hall–Kier alpha value is -2.41. The van der Waals surface area contributed by atoms with Crippen molar-refractivity contribution < 1.29 is 4.74 Å². The van der Waals surface area contributed by atoms with Gasteiger partial charge >= 0.3 is 0 Å². The first kappa shape index (κ1) is 12.1. The lowest BCUT2D eigenvalue weighted by atomic mass is 10.1. The molecule has 0 atom stereocenters. The Morgan fingerprint density at radius 3 is 2.67 bits per heavy atom. The summed E-state index contributed by atoms with van der Waals surface area (Å²) in [7, 11) is 0. The molecule has 0 spiro atoms. The Kier molecular flexibility index (Phi) is 4.26. The van der Waals surface area contributed by atoms with Crippen LogP contribution in [-0.2, 0) is 6.42 Å². The minimum Gasteiger partial charge on any atom is -0.478 e. The molecular formula is C14H13N3O. The molecule has 90 valence electrons. The van der Waals surface area contributed by atoms with Crippen molar-refractivity contribution in [3.63, 3.8) is 0 Å². The standard InChI is InChI=1S/C14H13N3O/c15-10-13-3-4-14(17-11-13)18-9-1-2-12-5-7-16-8-6-12/h3-8,11H,1-2,9H2. The molecule has 0 aromatic carbocycles. The topological polar surface area (TPSA) is 58.8 Å². The first-order valence-electron chi connectivity index (χ1n) is 5.76. The minimum absolute atomic E-state index is 0.541. The van der Waals surface area contributed by atoms with Gasteiger partial charge in [0.1, 0.15) is 6.07 Å². The van der Waals surface area contributed by atoms with Crippen molar-refractivity contribution in [2.75, 3.05) is 6.61 Å². The van der Waals surface area contributed by atoms with Crippen LogP contribution in [0.15, 0.2) is 42.9 Å². The number of hydrogen-bond acceptors (Lipinski definition) is 4. The van der Waals surface area contributed by atoms with Gasteiger partial charge in [-0.3, -0.25) is 4.98 Å². The van der Waals surface area contributed by atoms with Gasteiger partial charge in [0.2, 0.25) is 5.88 Å². The average molecular weight is 239 g/mol. The predicted molar refractivity (Wildman–Crippen MR) is 67.0 cm³/mol. The van der Waals surface area contributed by atoms with Crippen LogP contribution in [0.1, 0.15) is 17.5 Å². The van der Waals surface area contributed by atoms with E-state index in [-0.39, 0.29) is 0 Å². The van der Waals surface area contributed by atoms with Gasteiger partial charge < -0.3 is 4.74 Å². The van der Waals surface area contributed by atoms with E-state index < -0.39 is 0 Å². The molecule has 2 aromatic heterocycles. The quantitative estimate of drug-likeness (QED) is 0.751. The number of nitrogens with zero attached hydrogens (tertiary/aromatic N) is 3. The fraction of sp³-hybridized carbons (Fsp3) is 0.214. The highest BCUT2D eigenvalue weighted by Crippen LogP contribution is 2.08. The smallest absolute Gasteiger partial charge is 0.213 e. The molecular weight excluding hydrogens is 226 g/mol. The molecule has 0 saturated carbocycles. The first-order valence-corrected chi connectivity index (χ1v) is 5.76. The van der Waals surface area contributed by atoms with Crippen molar-refractivity contribution in [3.05, 3.63) is 54.0 Å². The fourth-order valence-corrected chi connectivity index (χ4v) is 1.53. The van der Waals surface area contributed by atoms with Crippen LogP contribution in [0.25, 0.3) is 0 Å². The Morgan fingerprint density at radius 2 is 2.00 bits per heavy atom. The number of rotatable bonds is 5. The number of ether oxygens (including phenoxy) is 1. The lowest BCUT2D eigenvalue weighted by molar-refractivity contribution is 0.299. The van der Waals surface area contributed by atoms with Crippen LogP contribution in [0.3, 0.4) is 0 Å². The Morgan fingerprint density at radius 1 is 1.17 bits per heavy atom. The van der Waals surface area contributed by atoms with E-state index in [1.54, 1.807) is 24.5 Å². The van der Waals surface area contributed by atoms with E-state index in [2.05, 4.69) is 9.97 Å². The number of pyridine rings is 2. The summed E-state index contributed by atoms with van der Waals surface area (Å²) in [5.74, 6) is 0.559. The second kappa shape index (κ2) is 6.36. The largest absolute Gasteiger partial charge is 0.478 e. The molecule has 0 unspecified atom stereocenters. The van der Waals surface area contributed by atoms with E-state index in [4.69, 9.17) is 10.00 Å². The third-order valence-electron chi connectivity index (χ3n) is 2.47. The van der Waals surface area contributed by atoms with Crippen molar-refractivity contribution in [1.82, 2.24) is 9.97 Å². The zero-order valence-corrected chi connectivity index (χ0v) is 9.91. The van der Waals surface area contributed by atoms with Gasteiger partial charge in [0, 0.05) is 24.7 Å². The van der Waals surface area contributed by atoms with Crippen molar-refractivity contribution in [2.24, 2.45) is 0 Å². The summed E-state index contributed by atoms with van der Waals surface area (Å²) in [5, 5.41) is 8.63. The minimum atomic E-state index is 0.541. The van der Waals surface area contributed by atoms with Crippen LogP contribution >= 0.6 is 0 Å². The summed E-state index contributed by atoms with van der Waals surface area (Å²) in [6.07, 6.45) is 6.97. The highest BCUT2D eigenvalue weighted by Gasteiger charge is 1.97. The van der Waals surface area contributed by atoms with Crippen LogP contribution in [0.5, 0.6) is 5.88 Å². The van der Waals surface area contributed by atoms with Crippen LogP contribution < -0.4 is 4.74 Å². The molecule has 0 N–H and O–H groups in total. The van der Waals surface area contributed by atoms with Crippen LogP contribution in [-0.4, -0.2) is 16.6 Å². The Labute approximate surface area is 106 Å². The summed E-state index contributed by atoms with van der Waals surface area (Å²) < 4.78 is 5.49. The van der Waals surface area contributed by atoms with Gasteiger partial charge in [-0.1, -0.05) is 0 Å². The number of nitriles is 1. The number of aryl methyl sites for hydroxylation is 1. The van der Waals surface area contributed by atoms with Gasteiger partial charge in [-0.15, -0.1) is 0 Å². The predicted octanol–water partition coefficient (Wildman–Crippen LogP) is 2.36. The molecule has 0 aliphatic rings. The van der Waals surface area contributed by atoms with Crippen LogP contribution in [0.4, 0.5) is 0 Å². The maximum Gasteiger partial charge on any atom is 0.213 e. The van der Waals surface area contributed by atoms with Crippen molar-refractivity contribution in [3.8, 4) is 11.9 Å². The highest BCUT2D eigenvalue weighted by atomic mass is 16.5. The van der Waals surface area contributed by atoms with Gasteiger partial charge in [0.05, 0.1) is 12.2 Å². The van der Waals surface area contributed by atoms with Gasteiger partial charge in [-0.25, -0.2) is 4.98 Å². The highest BCUT2D eigenvalue weighted by molar-refractivity contribution is 5.28. The molecule has 18 heavy (non-hydrogen) atoms. The van der Waals surface area contributed by atoms with Crippen molar-refractivity contribution in [2.45, 2.75) is 12.8 Å². The van der Waals surface area contributed by atoms with E-state index >= 15 is 0 Å². The zero-order chi connectivity index (χ0) is 12.6. The fourth-order valence-electron chi connectivity index (χ4n) is 1.53. The molecule has 0 bridgehead atoms. The molecule has 2 heterocycles. The molecule has 0 amide bonds. The van der Waals surface area contributed by atoms with E-state index in [1.807, 2.05) is 18.2 Å². The maximum absolute atomic E-state index is 8.63. The molecule has 0 aliphatic carbocycles. The van der Waals surface area contributed by atoms with E-state index in [0.717, 1.165) is 12.8 Å². The van der Waals surface area contributed by atoms with Gasteiger partial charge in [-0.2, -0.15) is 5.26 Å². The van der Waals surface area contributed by atoms with E-state index in [9.17, 15) is 0 Å². The number of hydrogen-bond donors (Lipinski definition) is 0. The lowest BCUT2D eigenvalue weighted by Gasteiger charge is -2.04. The van der Waals surface area contributed by atoms with E-state index in [0.29, 0.717) is 18.1 Å². The van der Waals surface area contributed by atoms with Crippen LogP contribution in [0.2, 0.25) is 0 Å². The van der Waals surface area contributed by atoms with Crippen molar-refractivity contribution >= 4 is 0 Å². The monoisotopic (exact) mass is 239 g/mol. The van der Waals surface area contributed by atoms with Crippen molar-refractivity contribution in [1.29, 1.82) is 5.26 Å². The summed E-state index contributed by atoms with van der Waals surface area (Å²) in [6.45, 7) is 0.612. The molecule has 4 heteroatoms. The lowest BCUT2D eigenvalue weighted by Crippen LogP contribution is -2.00. The normalized spacial score (nSPS) is 9.72. The second-order valence-corrected chi connectivity index (χ2v) is 3.80. The summed E-state index contributed by atoms with van der Waals surface area (Å²) in [4.78, 5) is 8.01. The summed E-state index contributed by atoms with van der Waals surface area (Å²) in [5.41, 5.74) is 1.79. The second-order valence-electron chi connectivity index (χ2n) is 3.80. The molecule has 0 saturated heterocycles. The van der Waals surface area contributed by atoms with Gasteiger partial charge in [0.25, 0.3) is 0 Å². The third-order valence-corrected chi connectivity index (χ3v) is 2.47. The molecule has 0 aliphatic heterocycles. The number of aromatic nitrogens is 2. The van der Waals surface area contributed by atoms with Crippen LogP contribution in [0, 0.1) is 11.3 Å². The molecule has 2 rings (SSSR count). The van der Waals surface area contributed by atoms with Gasteiger partial charge in [-0.05, 0) is 36.6 Å². The summed E-state index contributed by atoms with van der Waals surface area (Å²) in [6, 6.07) is 9.43. The summed E-state index contributed by atoms with van der Waals surface area (Å²) >= 11 is 0. The zero-order valence-electron chi connectivity index (χ0n) is 9.91. The molecule has 0 fully saturated rings. The average Bonchev–Trinajstić information content (AvgIpc) is 2.45. The van der Waals surface area contributed by atoms with Gasteiger partial charge in [0.15, 0.2) is 0 Å². The molecule has 0 radical (unpaired) electrons. The Balaban J connectivity index is 1.74. The molecule has 2 aromatic rings. The Bertz CT molecular complexity index is 517. The SMILES string of the molecule is N#Cc1ccc(OCCCc2ccncc2)nc1. The first-order chi connectivity index (χ1) is 8.88. The maximum atomic E-state index is 8.63.